The van der Waals surface area contributed by atoms with E-state index in [1.165, 1.54) is 6.07 Å². The lowest BCUT2D eigenvalue weighted by atomic mass is 10.2. The van der Waals surface area contributed by atoms with Gasteiger partial charge in [-0.15, -0.1) is 0 Å². The largest absolute Gasteiger partial charge is 0.417 e. The highest BCUT2D eigenvalue weighted by atomic mass is 35.5. The quantitative estimate of drug-likeness (QED) is 0.521. The van der Waals surface area contributed by atoms with Gasteiger partial charge in [-0.3, -0.25) is 9.59 Å². The second kappa shape index (κ2) is 9.01. The van der Waals surface area contributed by atoms with Gasteiger partial charge in [0, 0.05) is 24.7 Å². The Balaban J connectivity index is 1.82. The molecule has 0 spiro atoms. The number of carbonyl (C=O) groups excluding carboxylic acids is 2. The Labute approximate surface area is 161 Å². The minimum absolute atomic E-state index is 0.0114. The minimum Gasteiger partial charge on any atom is -0.352 e. The fourth-order valence-corrected chi connectivity index (χ4v) is 2.49. The van der Waals surface area contributed by atoms with E-state index in [1.54, 1.807) is 0 Å². The van der Waals surface area contributed by atoms with Crippen molar-refractivity contribution in [3.8, 4) is 0 Å². The summed E-state index contributed by atoms with van der Waals surface area (Å²) in [7, 11) is 0. The zero-order chi connectivity index (χ0) is 20.9. The van der Waals surface area contributed by atoms with Crippen LogP contribution in [0, 0.1) is 11.6 Å². The maximum atomic E-state index is 13.5. The molecule has 2 rings (SSSR count). The maximum Gasteiger partial charge on any atom is 0.417 e. The predicted octanol–water partition coefficient (Wildman–Crippen LogP) is 4.79. The van der Waals surface area contributed by atoms with Crippen molar-refractivity contribution in [2.45, 2.75) is 19.0 Å². The van der Waals surface area contributed by atoms with Gasteiger partial charge in [-0.25, -0.2) is 8.78 Å². The number of hydrogen-bond donors (Lipinski definition) is 2. The lowest BCUT2D eigenvalue weighted by Gasteiger charge is -2.12. The summed E-state index contributed by atoms with van der Waals surface area (Å²) >= 11 is 5.50. The topological polar surface area (TPSA) is 58.2 Å². The molecule has 28 heavy (non-hydrogen) atoms. The van der Waals surface area contributed by atoms with E-state index in [4.69, 9.17) is 11.6 Å². The molecule has 0 aliphatic carbocycles. The molecule has 0 radical (unpaired) electrons. The van der Waals surface area contributed by atoms with Gasteiger partial charge in [0.15, 0.2) is 0 Å². The molecule has 0 unspecified atom stereocenters. The third-order valence-electron chi connectivity index (χ3n) is 3.60. The van der Waals surface area contributed by atoms with Gasteiger partial charge >= 0.3 is 6.18 Å². The van der Waals surface area contributed by atoms with Crippen molar-refractivity contribution in [2.75, 3.05) is 11.9 Å². The average Bonchev–Trinajstić information content (AvgIpc) is 2.59. The van der Waals surface area contributed by atoms with Crippen molar-refractivity contribution in [3.05, 3.63) is 64.2 Å². The van der Waals surface area contributed by atoms with Gasteiger partial charge in [0.1, 0.15) is 11.6 Å². The first kappa shape index (κ1) is 21.6. The van der Waals surface area contributed by atoms with Crippen LogP contribution in [0.4, 0.5) is 27.6 Å². The van der Waals surface area contributed by atoms with Crippen molar-refractivity contribution >= 4 is 29.1 Å². The summed E-state index contributed by atoms with van der Waals surface area (Å²) in [5, 5.41) is 4.19. The standard InChI is InChI=1S/C18H14ClF5N2O2/c19-14-6-4-11(9-13(14)18(22,23)24)26-16(27)2-1-7-25-17(28)12-5-3-10(20)8-15(12)21/h3-6,8-9H,1-2,7H2,(H,25,28)(H,26,27). The van der Waals surface area contributed by atoms with Crippen molar-refractivity contribution in [1.29, 1.82) is 0 Å². The normalized spacial score (nSPS) is 11.2. The molecule has 4 nitrogen and oxygen atoms in total. The lowest BCUT2D eigenvalue weighted by molar-refractivity contribution is -0.137. The zero-order valence-corrected chi connectivity index (χ0v) is 14.9. The molecule has 0 aliphatic rings. The highest BCUT2D eigenvalue weighted by molar-refractivity contribution is 6.31. The summed E-state index contributed by atoms with van der Waals surface area (Å²) < 4.78 is 64.7. The molecule has 0 heterocycles. The molecule has 10 heteroatoms. The number of hydrogen-bond acceptors (Lipinski definition) is 2. The van der Waals surface area contributed by atoms with Crippen molar-refractivity contribution in [2.24, 2.45) is 0 Å². The van der Waals surface area contributed by atoms with E-state index in [1.807, 2.05) is 0 Å². The van der Waals surface area contributed by atoms with Crippen LogP contribution in [0.15, 0.2) is 36.4 Å². The highest BCUT2D eigenvalue weighted by Crippen LogP contribution is 2.36. The molecule has 0 saturated heterocycles. The first-order chi connectivity index (χ1) is 13.1. The van der Waals surface area contributed by atoms with Gasteiger partial charge < -0.3 is 10.6 Å². The molecule has 0 aliphatic heterocycles. The Morgan fingerprint density at radius 1 is 1.04 bits per heavy atom. The van der Waals surface area contributed by atoms with Crippen molar-refractivity contribution < 1.29 is 31.5 Å². The third kappa shape index (κ3) is 5.91. The van der Waals surface area contributed by atoms with E-state index in [0.29, 0.717) is 6.07 Å². The number of alkyl halides is 3. The second-order valence-corrected chi connectivity index (χ2v) is 6.13. The van der Waals surface area contributed by atoms with Crippen LogP contribution in [0.1, 0.15) is 28.8 Å². The lowest BCUT2D eigenvalue weighted by Crippen LogP contribution is -2.26. The van der Waals surface area contributed by atoms with Crippen LogP contribution in [0.3, 0.4) is 0 Å². The Kier molecular flexibility index (Phi) is 6.95. The maximum absolute atomic E-state index is 13.5. The van der Waals surface area contributed by atoms with Gasteiger partial charge in [0.2, 0.25) is 5.91 Å². The summed E-state index contributed by atoms with van der Waals surface area (Å²) in [6, 6.07) is 5.48. The molecule has 150 valence electrons. The van der Waals surface area contributed by atoms with Crippen LogP contribution in [0.5, 0.6) is 0 Å². The molecule has 0 fully saturated rings. The minimum atomic E-state index is -4.66. The highest BCUT2D eigenvalue weighted by Gasteiger charge is 2.33. The third-order valence-corrected chi connectivity index (χ3v) is 3.93. The number of anilines is 1. The predicted molar refractivity (Wildman–Crippen MR) is 93.0 cm³/mol. The number of rotatable bonds is 6. The SMILES string of the molecule is O=C(CCCNC(=O)c1ccc(F)cc1F)Nc1ccc(Cl)c(C(F)(F)F)c1. The Morgan fingerprint density at radius 3 is 2.39 bits per heavy atom. The van der Waals surface area contributed by atoms with Gasteiger partial charge in [-0.1, -0.05) is 11.6 Å². The van der Waals surface area contributed by atoms with Gasteiger partial charge in [-0.05, 0) is 36.8 Å². The van der Waals surface area contributed by atoms with Crippen LogP contribution in [0.25, 0.3) is 0 Å². The summed E-state index contributed by atoms with van der Waals surface area (Å²) in [5.74, 6) is -3.18. The van der Waals surface area contributed by atoms with Gasteiger partial charge in [0.25, 0.3) is 5.91 Å². The summed E-state index contributed by atoms with van der Waals surface area (Å²) in [6.45, 7) is 0.0114. The molecule has 0 aromatic heterocycles. The Morgan fingerprint density at radius 2 is 1.75 bits per heavy atom. The molecular formula is C18H14ClF5N2O2. The molecule has 2 aromatic carbocycles. The van der Waals surface area contributed by atoms with Crippen LogP contribution in [0.2, 0.25) is 5.02 Å². The van der Waals surface area contributed by atoms with E-state index in [0.717, 1.165) is 24.3 Å². The number of benzene rings is 2. The van der Waals surface area contributed by atoms with Gasteiger partial charge in [0.05, 0.1) is 16.1 Å². The summed E-state index contributed by atoms with van der Waals surface area (Å²) in [6.07, 6.45) is -4.60. The number of nitrogens with one attached hydrogen (secondary N) is 2. The van der Waals surface area contributed by atoms with E-state index in [9.17, 15) is 31.5 Å². The molecule has 2 amide bonds. The molecule has 2 N–H and O–H groups in total. The Bertz CT molecular complexity index is 887. The van der Waals surface area contributed by atoms with Gasteiger partial charge in [-0.2, -0.15) is 13.2 Å². The average molecular weight is 421 g/mol. The van der Waals surface area contributed by atoms with E-state index < -0.39 is 40.2 Å². The molecular weight excluding hydrogens is 407 g/mol. The first-order valence-electron chi connectivity index (χ1n) is 7.98. The van der Waals surface area contributed by atoms with Crippen LogP contribution in [-0.4, -0.2) is 18.4 Å². The van der Waals surface area contributed by atoms with E-state index in [-0.39, 0.29) is 30.6 Å². The number of carbonyl (C=O) groups is 2. The first-order valence-corrected chi connectivity index (χ1v) is 8.35. The fourth-order valence-electron chi connectivity index (χ4n) is 2.26. The summed E-state index contributed by atoms with van der Waals surface area (Å²) in [4.78, 5) is 23.6. The summed E-state index contributed by atoms with van der Waals surface area (Å²) in [5.41, 5.74) is -1.48. The molecule has 0 saturated carbocycles. The van der Waals surface area contributed by atoms with E-state index in [2.05, 4.69) is 10.6 Å². The van der Waals surface area contributed by atoms with Crippen molar-refractivity contribution in [1.82, 2.24) is 5.32 Å². The van der Waals surface area contributed by atoms with Crippen molar-refractivity contribution in [3.63, 3.8) is 0 Å². The smallest absolute Gasteiger partial charge is 0.352 e. The Hall–Kier alpha value is -2.68. The number of halogens is 6. The second-order valence-electron chi connectivity index (χ2n) is 5.72. The molecule has 0 bridgehead atoms. The molecule has 2 aromatic rings. The van der Waals surface area contributed by atoms with Crippen LogP contribution in [-0.2, 0) is 11.0 Å². The molecule has 0 atom stereocenters. The van der Waals surface area contributed by atoms with E-state index >= 15 is 0 Å². The fraction of sp³-hybridized carbons (Fsp3) is 0.222. The number of amides is 2. The van der Waals surface area contributed by atoms with Crippen LogP contribution < -0.4 is 10.6 Å². The monoisotopic (exact) mass is 420 g/mol. The zero-order valence-electron chi connectivity index (χ0n) is 14.2. The van der Waals surface area contributed by atoms with Crippen LogP contribution >= 0.6 is 11.6 Å².